The molecule has 1 fully saturated rings. The normalized spacial score (nSPS) is 15.7. The number of amides is 1. The van der Waals surface area contributed by atoms with Crippen molar-refractivity contribution in [2.45, 2.75) is 49.5 Å². The largest absolute Gasteiger partial charge is 0.351 e. The van der Waals surface area contributed by atoms with Gasteiger partial charge in [-0.2, -0.15) is 0 Å². The molecular weight excluding hydrogens is 326 g/mol. The van der Waals surface area contributed by atoms with Gasteiger partial charge in [-0.05, 0) is 31.2 Å². The molecule has 1 aromatic carbocycles. The van der Waals surface area contributed by atoms with Gasteiger partial charge >= 0.3 is 0 Å². The molecule has 2 N–H and O–H groups in total. The molecule has 0 radical (unpaired) electrons. The molecule has 24 heavy (non-hydrogen) atoms. The minimum absolute atomic E-state index is 0.126. The molecule has 0 bridgehead atoms. The molecule has 132 valence electrons. The highest BCUT2D eigenvalue weighted by Crippen LogP contribution is 2.24. The molecule has 0 spiro atoms. The summed E-state index contributed by atoms with van der Waals surface area (Å²) >= 11 is 1.45. The standard InChI is InChI=1S/C17H25N3O3S/c1-24-14-8-9-16(20(22)23)15(12-14)17(21)19-11-10-18-13-6-4-2-3-5-7-13/h8-9,12-13,18H,2-7,10-11H2,1H3,(H,19,21). The topological polar surface area (TPSA) is 84.3 Å². The van der Waals surface area contributed by atoms with Crippen molar-refractivity contribution >= 4 is 23.4 Å². The Balaban J connectivity index is 1.86. The van der Waals surface area contributed by atoms with Gasteiger partial charge in [-0.25, -0.2) is 0 Å². The first kappa shape index (κ1) is 18.7. The van der Waals surface area contributed by atoms with Crippen LogP contribution in [-0.2, 0) is 0 Å². The van der Waals surface area contributed by atoms with Crippen molar-refractivity contribution in [3.05, 3.63) is 33.9 Å². The van der Waals surface area contributed by atoms with Gasteiger partial charge in [-0.3, -0.25) is 14.9 Å². The summed E-state index contributed by atoms with van der Waals surface area (Å²) in [6.07, 6.45) is 9.40. The van der Waals surface area contributed by atoms with E-state index in [9.17, 15) is 14.9 Å². The van der Waals surface area contributed by atoms with Crippen molar-refractivity contribution in [3.8, 4) is 0 Å². The summed E-state index contributed by atoms with van der Waals surface area (Å²) in [5.74, 6) is -0.389. The molecule has 1 aromatic rings. The number of hydrogen-bond acceptors (Lipinski definition) is 5. The van der Waals surface area contributed by atoms with E-state index in [4.69, 9.17) is 0 Å². The number of hydrogen-bond donors (Lipinski definition) is 2. The van der Waals surface area contributed by atoms with Gasteiger partial charge in [-0.1, -0.05) is 25.7 Å². The Morgan fingerprint density at radius 1 is 1.25 bits per heavy atom. The van der Waals surface area contributed by atoms with Gasteiger partial charge < -0.3 is 10.6 Å². The summed E-state index contributed by atoms with van der Waals surface area (Å²) in [4.78, 5) is 23.7. The number of nitro groups is 1. The number of nitrogens with one attached hydrogen (secondary N) is 2. The number of thioether (sulfide) groups is 1. The van der Waals surface area contributed by atoms with Crippen molar-refractivity contribution in [1.82, 2.24) is 10.6 Å². The van der Waals surface area contributed by atoms with Gasteiger partial charge in [0.05, 0.1) is 4.92 Å². The minimum Gasteiger partial charge on any atom is -0.351 e. The smallest absolute Gasteiger partial charge is 0.282 e. The molecule has 0 aromatic heterocycles. The summed E-state index contributed by atoms with van der Waals surface area (Å²) in [5, 5.41) is 17.4. The molecular formula is C17H25N3O3S. The molecule has 1 saturated carbocycles. The van der Waals surface area contributed by atoms with Crippen molar-refractivity contribution in [3.63, 3.8) is 0 Å². The summed E-state index contributed by atoms with van der Waals surface area (Å²) in [5.41, 5.74) is -0.0247. The number of carbonyl (C=O) groups is 1. The Hall–Kier alpha value is -1.60. The lowest BCUT2D eigenvalue weighted by Gasteiger charge is -2.16. The number of carbonyl (C=O) groups excluding carboxylic acids is 1. The first-order chi connectivity index (χ1) is 11.6. The van der Waals surface area contributed by atoms with Crippen LogP contribution < -0.4 is 10.6 Å². The van der Waals surface area contributed by atoms with Gasteiger partial charge in [0.1, 0.15) is 5.56 Å². The molecule has 0 unspecified atom stereocenters. The Morgan fingerprint density at radius 3 is 2.58 bits per heavy atom. The second kappa shape index (κ2) is 9.64. The van der Waals surface area contributed by atoms with Crippen LogP contribution in [0.2, 0.25) is 0 Å². The Kier molecular flexibility index (Phi) is 7.52. The maximum atomic E-state index is 12.3. The molecule has 1 aliphatic rings. The van der Waals surface area contributed by atoms with Crippen LogP contribution in [0.25, 0.3) is 0 Å². The predicted molar refractivity (Wildman–Crippen MR) is 96.7 cm³/mol. The first-order valence-electron chi connectivity index (χ1n) is 8.46. The van der Waals surface area contributed by atoms with Crippen LogP contribution in [0.5, 0.6) is 0 Å². The van der Waals surface area contributed by atoms with E-state index >= 15 is 0 Å². The number of nitro benzene ring substituents is 1. The van der Waals surface area contributed by atoms with Gasteiger partial charge in [0.2, 0.25) is 0 Å². The molecule has 2 rings (SSSR count). The maximum absolute atomic E-state index is 12.3. The van der Waals surface area contributed by atoms with E-state index in [1.807, 2.05) is 6.26 Å². The third kappa shape index (κ3) is 5.49. The maximum Gasteiger partial charge on any atom is 0.282 e. The summed E-state index contributed by atoms with van der Waals surface area (Å²) < 4.78 is 0. The highest BCUT2D eigenvalue weighted by molar-refractivity contribution is 7.98. The van der Waals surface area contributed by atoms with Gasteiger partial charge in [0.25, 0.3) is 11.6 Å². The molecule has 6 nitrogen and oxygen atoms in total. The van der Waals surface area contributed by atoms with Crippen molar-refractivity contribution in [1.29, 1.82) is 0 Å². The van der Waals surface area contributed by atoms with Crippen LogP contribution >= 0.6 is 11.8 Å². The average molecular weight is 351 g/mol. The molecule has 0 atom stereocenters. The quantitative estimate of drug-likeness (QED) is 0.259. The molecule has 0 aliphatic heterocycles. The van der Waals surface area contributed by atoms with Crippen LogP contribution in [0.15, 0.2) is 23.1 Å². The molecule has 0 heterocycles. The fourth-order valence-corrected chi connectivity index (χ4v) is 3.45. The third-order valence-corrected chi connectivity index (χ3v) is 5.07. The molecule has 0 saturated heterocycles. The summed E-state index contributed by atoms with van der Waals surface area (Å²) in [7, 11) is 0. The average Bonchev–Trinajstić information content (AvgIpc) is 2.86. The monoisotopic (exact) mass is 351 g/mol. The SMILES string of the molecule is CSc1ccc([N+](=O)[O-])c(C(=O)NCCNC2CCCCCC2)c1. The lowest BCUT2D eigenvalue weighted by atomic mass is 10.1. The lowest BCUT2D eigenvalue weighted by Crippen LogP contribution is -2.37. The second-order valence-electron chi connectivity index (χ2n) is 6.04. The van der Waals surface area contributed by atoms with Crippen molar-refractivity contribution in [2.24, 2.45) is 0 Å². The number of benzene rings is 1. The van der Waals surface area contributed by atoms with E-state index in [2.05, 4.69) is 10.6 Å². The zero-order valence-corrected chi connectivity index (χ0v) is 14.9. The Labute approximate surface area is 146 Å². The molecule has 7 heteroatoms. The fourth-order valence-electron chi connectivity index (χ4n) is 3.01. The van der Waals surface area contributed by atoms with Gasteiger partial charge in [-0.15, -0.1) is 11.8 Å². The van der Waals surface area contributed by atoms with E-state index in [0.29, 0.717) is 19.1 Å². The Bertz CT molecular complexity index is 572. The van der Waals surface area contributed by atoms with Crippen LogP contribution in [0, 0.1) is 10.1 Å². The predicted octanol–water partition coefficient (Wildman–Crippen LogP) is 3.36. The number of nitrogens with zero attached hydrogens (tertiary/aromatic N) is 1. The first-order valence-corrected chi connectivity index (χ1v) is 9.68. The molecule has 1 aliphatic carbocycles. The zero-order valence-electron chi connectivity index (χ0n) is 14.0. The van der Waals surface area contributed by atoms with Gasteiger partial charge in [0, 0.05) is 30.1 Å². The van der Waals surface area contributed by atoms with Crippen LogP contribution in [-0.4, -0.2) is 36.2 Å². The van der Waals surface area contributed by atoms with Gasteiger partial charge in [0.15, 0.2) is 0 Å². The highest BCUT2D eigenvalue weighted by Gasteiger charge is 2.20. The minimum atomic E-state index is -0.511. The zero-order chi connectivity index (χ0) is 17.4. The third-order valence-electron chi connectivity index (χ3n) is 4.34. The van der Waals surface area contributed by atoms with E-state index in [-0.39, 0.29) is 17.2 Å². The molecule has 1 amide bonds. The van der Waals surface area contributed by atoms with E-state index in [1.165, 1.54) is 56.4 Å². The van der Waals surface area contributed by atoms with E-state index < -0.39 is 4.92 Å². The second-order valence-corrected chi connectivity index (χ2v) is 6.92. The Morgan fingerprint density at radius 2 is 1.96 bits per heavy atom. The lowest BCUT2D eigenvalue weighted by molar-refractivity contribution is -0.385. The van der Waals surface area contributed by atoms with Crippen LogP contribution in [0.3, 0.4) is 0 Å². The van der Waals surface area contributed by atoms with Crippen LogP contribution in [0.4, 0.5) is 5.69 Å². The van der Waals surface area contributed by atoms with Crippen LogP contribution in [0.1, 0.15) is 48.9 Å². The fraction of sp³-hybridized carbons (Fsp3) is 0.588. The number of rotatable bonds is 7. The highest BCUT2D eigenvalue weighted by atomic mass is 32.2. The summed E-state index contributed by atoms with van der Waals surface area (Å²) in [6.45, 7) is 1.16. The van der Waals surface area contributed by atoms with Crippen molar-refractivity contribution in [2.75, 3.05) is 19.3 Å². The summed E-state index contributed by atoms with van der Waals surface area (Å²) in [6, 6.07) is 5.16. The van der Waals surface area contributed by atoms with Crippen molar-refractivity contribution < 1.29 is 9.72 Å². The van der Waals surface area contributed by atoms with E-state index in [0.717, 1.165) is 4.90 Å². The van der Waals surface area contributed by atoms with E-state index in [1.54, 1.807) is 12.1 Å².